The maximum Gasteiger partial charge on any atom is 0.234 e. The summed E-state index contributed by atoms with van der Waals surface area (Å²) in [6, 6.07) is 7.62. The summed E-state index contributed by atoms with van der Waals surface area (Å²) in [4.78, 5) is 11.2. The van der Waals surface area contributed by atoms with Gasteiger partial charge in [-0.15, -0.1) is 0 Å². The normalized spacial score (nSPS) is 9.73. The van der Waals surface area contributed by atoms with Crippen molar-refractivity contribution in [2.45, 2.75) is 6.54 Å². The molecule has 1 aromatic carbocycles. The lowest BCUT2D eigenvalue weighted by Gasteiger charge is -2.09. The largest absolute Gasteiger partial charge is 0.496 e. The van der Waals surface area contributed by atoms with Crippen LogP contribution in [-0.4, -0.2) is 26.6 Å². The summed E-state index contributed by atoms with van der Waals surface area (Å²) in [7, 11) is 3.36. The maximum absolute atomic E-state index is 11.2. The quantitative estimate of drug-likeness (QED) is 0.742. The van der Waals surface area contributed by atoms with Crippen LogP contribution in [0.4, 0.5) is 0 Å². The number of nitrogens with one attached hydrogen (secondary N) is 2. The van der Waals surface area contributed by atoms with Crippen LogP contribution in [0.3, 0.4) is 0 Å². The van der Waals surface area contributed by atoms with Gasteiger partial charge < -0.3 is 15.4 Å². The van der Waals surface area contributed by atoms with Crippen molar-refractivity contribution in [1.29, 1.82) is 0 Å². The smallest absolute Gasteiger partial charge is 0.234 e. The molecule has 0 aliphatic carbocycles. The molecular formula is C11H16N2O2. The first-order valence-electron chi connectivity index (χ1n) is 4.81. The second-order valence-electron chi connectivity index (χ2n) is 3.12. The van der Waals surface area contributed by atoms with Crippen molar-refractivity contribution in [3.8, 4) is 5.75 Å². The molecule has 0 atom stereocenters. The predicted molar refractivity (Wildman–Crippen MR) is 58.8 cm³/mol. The van der Waals surface area contributed by atoms with Crippen LogP contribution < -0.4 is 15.4 Å². The number of methoxy groups -OCH3 is 1. The van der Waals surface area contributed by atoms with E-state index in [9.17, 15) is 4.79 Å². The fourth-order valence-corrected chi connectivity index (χ4v) is 1.27. The number of amides is 1. The molecule has 0 fully saturated rings. The summed E-state index contributed by atoms with van der Waals surface area (Å²) in [5.41, 5.74) is 0.976. The monoisotopic (exact) mass is 208 g/mol. The molecule has 0 unspecified atom stereocenters. The van der Waals surface area contributed by atoms with Gasteiger partial charge in [-0.3, -0.25) is 4.79 Å². The summed E-state index contributed by atoms with van der Waals surface area (Å²) in [5, 5.41) is 5.58. The van der Waals surface area contributed by atoms with Crippen molar-refractivity contribution in [1.82, 2.24) is 10.6 Å². The van der Waals surface area contributed by atoms with Gasteiger partial charge in [-0.2, -0.15) is 0 Å². The van der Waals surface area contributed by atoms with E-state index >= 15 is 0 Å². The molecule has 15 heavy (non-hydrogen) atoms. The molecule has 0 saturated carbocycles. The molecular weight excluding hydrogens is 192 g/mol. The van der Waals surface area contributed by atoms with Crippen LogP contribution in [0.1, 0.15) is 5.56 Å². The number of hydrogen-bond acceptors (Lipinski definition) is 3. The summed E-state index contributed by atoms with van der Waals surface area (Å²) in [6.45, 7) is 0.819. The molecule has 82 valence electrons. The highest BCUT2D eigenvalue weighted by Gasteiger charge is 2.03. The van der Waals surface area contributed by atoms with Crippen molar-refractivity contribution in [3.63, 3.8) is 0 Å². The zero-order valence-electron chi connectivity index (χ0n) is 9.04. The minimum absolute atomic E-state index is 0.0246. The van der Waals surface area contributed by atoms with E-state index in [1.54, 1.807) is 14.2 Å². The van der Waals surface area contributed by atoms with E-state index in [2.05, 4.69) is 10.6 Å². The molecule has 2 N–H and O–H groups in total. The molecule has 4 heteroatoms. The minimum Gasteiger partial charge on any atom is -0.496 e. The van der Waals surface area contributed by atoms with Crippen molar-refractivity contribution in [3.05, 3.63) is 29.8 Å². The minimum atomic E-state index is -0.0246. The van der Waals surface area contributed by atoms with Gasteiger partial charge in [0.1, 0.15) is 5.75 Å². The SMILES string of the molecule is CNCC(=O)NCc1ccccc1OC. The number of benzene rings is 1. The molecule has 1 amide bonds. The van der Waals surface area contributed by atoms with Crippen molar-refractivity contribution in [2.24, 2.45) is 0 Å². The van der Waals surface area contributed by atoms with Gasteiger partial charge in [0.05, 0.1) is 13.7 Å². The fourth-order valence-electron chi connectivity index (χ4n) is 1.27. The average molecular weight is 208 g/mol. The van der Waals surface area contributed by atoms with E-state index in [0.717, 1.165) is 11.3 Å². The van der Waals surface area contributed by atoms with E-state index in [-0.39, 0.29) is 5.91 Å². The molecule has 0 bridgehead atoms. The molecule has 0 saturated heterocycles. The third-order valence-electron chi connectivity index (χ3n) is 2.01. The second-order valence-corrected chi connectivity index (χ2v) is 3.12. The first-order valence-corrected chi connectivity index (χ1v) is 4.81. The Balaban J connectivity index is 2.53. The fraction of sp³-hybridized carbons (Fsp3) is 0.364. The first-order chi connectivity index (χ1) is 7.27. The summed E-state index contributed by atoms with van der Waals surface area (Å²) < 4.78 is 5.17. The van der Waals surface area contributed by atoms with Crippen LogP contribution in [0.5, 0.6) is 5.75 Å². The third kappa shape index (κ3) is 3.59. The number of ether oxygens (including phenoxy) is 1. The average Bonchev–Trinajstić information content (AvgIpc) is 2.27. The lowest BCUT2D eigenvalue weighted by atomic mass is 10.2. The molecule has 0 spiro atoms. The van der Waals surface area contributed by atoms with Gasteiger partial charge in [-0.25, -0.2) is 0 Å². The molecule has 0 aromatic heterocycles. The highest BCUT2D eigenvalue weighted by molar-refractivity contribution is 5.77. The Hall–Kier alpha value is -1.55. The molecule has 0 heterocycles. The Morgan fingerprint density at radius 3 is 2.80 bits per heavy atom. The van der Waals surface area contributed by atoms with Crippen LogP contribution in [0.25, 0.3) is 0 Å². The van der Waals surface area contributed by atoms with Gasteiger partial charge in [0, 0.05) is 12.1 Å². The molecule has 4 nitrogen and oxygen atoms in total. The molecule has 1 rings (SSSR count). The number of para-hydroxylation sites is 1. The van der Waals surface area contributed by atoms with Crippen LogP contribution in [-0.2, 0) is 11.3 Å². The number of likely N-dealkylation sites (N-methyl/N-ethyl adjacent to an activating group) is 1. The zero-order chi connectivity index (χ0) is 11.1. The van der Waals surface area contributed by atoms with Gasteiger partial charge in [-0.1, -0.05) is 18.2 Å². The van der Waals surface area contributed by atoms with Gasteiger partial charge >= 0.3 is 0 Å². The summed E-state index contributed by atoms with van der Waals surface area (Å²) in [5.74, 6) is 0.769. The van der Waals surface area contributed by atoms with Crippen LogP contribution in [0.15, 0.2) is 24.3 Å². The topological polar surface area (TPSA) is 50.4 Å². The lowest BCUT2D eigenvalue weighted by Crippen LogP contribution is -2.31. The van der Waals surface area contributed by atoms with E-state index in [1.807, 2.05) is 24.3 Å². The molecule has 0 aliphatic heterocycles. The lowest BCUT2D eigenvalue weighted by molar-refractivity contribution is -0.120. The second kappa shape index (κ2) is 6.03. The Labute approximate surface area is 89.6 Å². The van der Waals surface area contributed by atoms with E-state index in [0.29, 0.717) is 13.1 Å². The number of carbonyl (C=O) groups is 1. The number of rotatable bonds is 5. The van der Waals surface area contributed by atoms with Crippen LogP contribution >= 0.6 is 0 Å². The van der Waals surface area contributed by atoms with Gasteiger partial charge in [0.2, 0.25) is 5.91 Å². The zero-order valence-corrected chi connectivity index (χ0v) is 9.04. The Morgan fingerprint density at radius 2 is 2.13 bits per heavy atom. The van der Waals surface area contributed by atoms with E-state index < -0.39 is 0 Å². The van der Waals surface area contributed by atoms with E-state index in [4.69, 9.17) is 4.74 Å². The van der Waals surface area contributed by atoms with Crippen LogP contribution in [0.2, 0.25) is 0 Å². The van der Waals surface area contributed by atoms with Gasteiger partial charge in [0.25, 0.3) is 0 Å². The number of hydrogen-bond donors (Lipinski definition) is 2. The predicted octanol–water partition coefficient (Wildman–Crippen LogP) is 0.531. The van der Waals surface area contributed by atoms with Crippen molar-refractivity contribution >= 4 is 5.91 Å². The van der Waals surface area contributed by atoms with Crippen molar-refractivity contribution in [2.75, 3.05) is 20.7 Å². The third-order valence-corrected chi connectivity index (χ3v) is 2.01. The molecule has 0 radical (unpaired) electrons. The van der Waals surface area contributed by atoms with Crippen molar-refractivity contribution < 1.29 is 9.53 Å². The maximum atomic E-state index is 11.2. The summed E-state index contributed by atoms with van der Waals surface area (Å²) >= 11 is 0. The highest BCUT2D eigenvalue weighted by atomic mass is 16.5. The van der Waals surface area contributed by atoms with E-state index in [1.165, 1.54) is 0 Å². The molecule has 0 aliphatic rings. The highest BCUT2D eigenvalue weighted by Crippen LogP contribution is 2.16. The van der Waals surface area contributed by atoms with Gasteiger partial charge in [-0.05, 0) is 13.1 Å². The standard InChI is InChI=1S/C11H16N2O2/c1-12-8-11(14)13-7-9-5-3-4-6-10(9)15-2/h3-6,12H,7-8H2,1-2H3,(H,13,14). The summed E-state index contributed by atoms with van der Waals surface area (Å²) in [6.07, 6.45) is 0. The first kappa shape index (κ1) is 11.5. The Bertz CT molecular complexity index is 326. The Morgan fingerprint density at radius 1 is 1.40 bits per heavy atom. The van der Waals surface area contributed by atoms with Gasteiger partial charge in [0.15, 0.2) is 0 Å². The molecule has 1 aromatic rings. The Kier molecular flexibility index (Phi) is 4.63. The number of carbonyl (C=O) groups excluding carboxylic acids is 1. The van der Waals surface area contributed by atoms with Crippen LogP contribution in [0, 0.1) is 0 Å².